The lowest BCUT2D eigenvalue weighted by molar-refractivity contribution is 0.0575. The second kappa shape index (κ2) is 3.96. The van der Waals surface area contributed by atoms with Crippen LogP contribution in [-0.4, -0.2) is 43.2 Å². The molecule has 2 aliphatic rings. The Bertz CT molecular complexity index is 209. The Morgan fingerprint density at radius 1 is 1.42 bits per heavy atom. The number of rotatable bonds is 1. The predicted octanol–water partition coefficient (Wildman–Crippen LogP) is 0.271. The summed E-state index contributed by atoms with van der Waals surface area (Å²) in [5, 5.41) is 1.29. The van der Waals surface area contributed by atoms with Crippen molar-refractivity contribution >= 4 is 18.0 Å². The molecule has 0 atom stereocenters. The second-order valence-electron chi connectivity index (χ2n) is 2.71. The van der Waals surface area contributed by atoms with Crippen LogP contribution in [0.25, 0.3) is 0 Å². The first-order valence-corrected chi connectivity index (χ1v) is 5.13. The highest BCUT2D eigenvalue weighted by Gasteiger charge is 2.18. The molecule has 2 rings (SSSR count). The lowest BCUT2D eigenvalue weighted by Crippen LogP contribution is -2.35. The highest BCUT2D eigenvalue weighted by atomic mass is 32.2. The fourth-order valence-electron chi connectivity index (χ4n) is 1.28. The van der Waals surface area contributed by atoms with Crippen molar-refractivity contribution in [3.05, 3.63) is 11.2 Å². The molecule has 0 aromatic carbocycles. The molecule has 0 bridgehead atoms. The van der Waals surface area contributed by atoms with Gasteiger partial charge < -0.3 is 9.64 Å². The second-order valence-corrected chi connectivity index (χ2v) is 3.75. The maximum Gasteiger partial charge on any atom is 0.271 e. The molecule has 0 aliphatic carbocycles. The third-order valence-corrected chi connectivity index (χ3v) is 2.89. The van der Waals surface area contributed by atoms with Gasteiger partial charge >= 0.3 is 0 Å². The molecule has 65 valence electrons. The molecule has 0 spiro atoms. The van der Waals surface area contributed by atoms with Crippen molar-refractivity contribution in [2.24, 2.45) is 0 Å². The Kier molecular flexibility index (Phi) is 2.68. The zero-order chi connectivity index (χ0) is 8.23. The summed E-state index contributed by atoms with van der Waals surface area (Å²) in [5.74, 6) is 1.00. The van der Waals surface area contributed by atoms with E-state index in [0.717, 1.165) is 32.1 Å². The molecule has 0 aromatic rings. The van der Waals surface area contributed by atoms with Crippen molar-refractivity contribution in [3.63, 3.8) is 0 Å². The van der Waals surface area contributed by atoms with Gasteiger partial charge in [0, 0.05) is 13.1 Å². The van der Waals surface area contributed by atoms with Crippen LogP contribution in [0.3, 0.4) is 0 Å². The van der Waals surface area contributed by atoms with Crippen LogP contribution < -0.4 is 4.99 Å². The molecule has 1 fully saturated rings. The highest BCUT2D eigenvalue weighted by Crippen LogP contribution is 2.21. The van der Waals surface area contributed by atoms with E-state index < -0.39 is 0 Å². The van der Waals surface area contributed by atoms with Gasteiger partial charge in [0.15, 0.2) is 0 Å². The molecule has 3 nitrogen and oxygen atoms in total. The van der Waals surface area contributed by atoms with E-state index in [2.05, 4.69) is 9.89 Å². The van der Waals surface area contributed by atoms with Crippen molar-refractivity contribution < 1.29 is 4.74 Å². The van der Waals surface area contributed by atoms with E-state index in [1.165, 1.54) is 5.03 Å². The van der Waals surface area contributed by atoms with Crippen LogP contribution in [0.15, 0.2) is 11.2 Å². The molecule has 1 radical (unpaired) electrons. The lowest BCUT2D eigenvalue weighted by Gasteiger charge is -2.28. The maximum atomic E-state index is 5.27. The molecular weight excluding hydrogens is 172 g/mol. The summed E-state index contributed by atoms with van der Waals surface area (Å²) in [5.41, 5.74) is 0. The average molecular weight is 184 g/mol. The zero-order valence-electron chi connectivity index (χ0n) is 6.90. The first-order chi connectivity index (χ1) is 5.97. The van der Waals surface area contributed by atoms with Gasteiger partial charge in [0.2, 0.25) is 6.21 Å². The summed E-state index contributed by atoms with van der Waals surface area (Å²) in [6, 6.07) is 0. The van der Waals surface area contributed by atoms with Crippen LogP contribution in [0.2, 0.25) is 0 Å². The molecule has 2 aliphatic heterocycles. The van der Waals surface area contributed by atoms with Gasteiger partial charge in [0.05, 0.1) is 24.0 Å². The van der Waals surface area contributed by atoms with Crippen LogP contribution in [0.1, 0.15) is 0 Å². The van der Waals surface area contributed by atoms with Crippen molar-refractivity contribution in [1.82, 2.24) is 9.89 Å². The predicted molar refractivity (Wildman–Crippen MR) is 51.1 cm³/mol. The fraction of sp³-hybridized carbons (Fsp3) is 0.625. The van der Waals surface area contributed by atoms with Gasteiger partial charge in [0.1, 0.15) is 5.03 Å². The molecule has 4 heteroatoms. The first kappa shape index (κ1) is 8.13. The van der Waals surface area contributed by atoms with Gasteiger partial charge in [-0.05, 0) is 0 Å². The third-order valence-electron chi connectivity index (χ3n) is 1.92. The van der Waals surface area contributed by atoms with E-state index in [9.17, 15) is 0 Å². The van der Waals surface area contributed by atoms with Crippen LogP contribution in [0, 0.1) is 0 Å². The van der Waals surface area contributed by atoms with Crippen LogP contribution in [0.5, 0.6) is 0 Å². The summed E-state index contributed by atoms with van der Waals surface area (Å²) in [6.07, 6.45) is 3.88. The Morgan fingerprint density at radius 3 is 2.92 bits per heavy atom. The van der Waals surface area contributed by atoms with Gasteiger partial charge in [-0.2, -0.15) is 0 Å². The molecule has 0 amide bonds. The zero-order valence-corrected chi connectivity index (χ0v) is 7.72. The van der Waals surface area contributed by atoms with E-state index in [1.807, 2.05) is 24.2 Å². The SMILES string of the molecule is C1=[N+]C=C(N2CCOCC2)SC1. The van der Waals surface area contributed by atoms with E-state index >= 15 is 0 Å². The Labute approximate surface area is 76.5 Å². The number of nitrogens with zero attached hydrogens (tertiary/aromatic N) is 2. The minimum Gasteiger partial charge on any atom is -0.378 e. The number of thioether (sulfide) groups is 1. The molecule has 0 unspecified atom stereocenters. The van der Waals surface area contributed by atoms with Crippen molar-refractivity contribution in [3.8, 4) is 0 Å². The highest BCUT2D eigenvalue weighted by molar-refractivity contribution is 8.03. The Hall–Kier alpha value is -0.480. The topological polar surface area (TPSA) is 26.6 Å². The summed E-state index contributed by atoms with van der Waals surface area (Å²) in [7, 11) is 0. The molecule has 0 aromatic heterocycles. The van der Waals surface area contributed by atoms with Crippen LogP contribution in [0.4, 0.5) is 0 Å². The largest absolute Gasteiger partial charge is 0.378 e. The van der Waals surface area contributed by atoms with E-state index in [4.69, 9.17) is 4.74 Å². The van der Waals surface area contributed by atoms with Crippen molar-refractivity contribution in [1.29, 1.82) is 0 Å². The maximum absolute atomic E-state index is 5.27. The monoisotopic (exact) mass is 184 g/mol. The van der Waals surface area contributed by atoms with E-state index in [0.29, 0.717) is 0 Å². The number of hydrogen-bond donors (Lipinski definition) is 0. The van der Waals surface area contributed by atoms with Gasteiger partial charge in [-0.3, -0.25) is 0 Å². The van der Waals surface area contributed by atoms with Crippen molar-refractivity contribution in [2.75, 3.05) is 32.1 Å². The molecular formula is C8H12N2OS+. The summed E-state index contributed by atoms with van der Waals surface area (Å²) < 4.78 is 5.27. The number of ether oxygens (including phenoxy) is 1. The minimum absolute atomic E-state index is 0.849. The van der Waals surface area contributed by atoms with Gasteiger partial charge in [-0.15, -0.1) is 0 Å². The molecule has 1 saturated heterocycles. The molecule has 0 saturated carbocycles. The normalized spacial score (nSPS) is 24.0. The molecule has 2 heterocycles. The standard InChI is InChI=1S/C8H12N2OS/c1-6-12-8(7-9-1)10-2-4-11-5-3-10/h1,7H,2-6H2/q+1. The Balaban J connectivity index is 1.97. The van der Waals surface area contributed by atoms with Gasteiger partial charge in [-0.25, -0.2) is 0 Å². The van der Waals surface area contributed by atoms with Gasteiger partial charge in [-0.1, -0.05) is 11.8 Å². The molecule has 0 N–H and O–H groups in total. The lowest BCUT2D eigenvalue weighted by atomic mass is 10.4. The number of aliphatic imine (C=N–C) groups is 1. The Morgan fingerprint density at radius 2 is 2.25 bits per heavy atom. The van der Waals surface area contributed by atoms with Gasteiger partial charge in [0.25, 0.3) is 6.20 Å². The third kappa shape index (κ3) is 1.81. The number of hydrogen-bond acceptors (Lipinski definition) is 4. The average Bonchev–Trinajstić information content (AvgIpc) is 2.21. The van der Waals surface area contributed by atoms with E-state index in [-0.39, 0.29) is 0 Å². The first-order valence-electron chi connectivity index (χ1n) is 4.14. The smallest absolute Gasteiger partial charge is 0.271 e. The summed E-state index contributed by atoms with van der Waals surface area (Å²) >= 11 is 1.85. The van der Waals surface area contributed by atoms with Crippen LogP contribution >= 0.6 is 11.8 Å². The fourth-order valence-corrected chi connectivity index (χ4v) is 2.11. The minimum atomic E-state index is 0.849. The van der Waals surface area contributed by atoms with Crippen LogP contribution in [-0.2, 0) is 4.74 Å². The summed E-state index contributed by atoms with van der Waals surface area (Å²) in [4.78, 5) is 6.48. The van der Waals surface area contributed by atoms with E-state index in [1.54, 1.807) is 0 Å². The van der Waals surface area contributed by atoms with Crippen molar-refractivity contribution in [2.45, 2.75) is 0 Å². The quantitative estimate of drug-likeness (QED) is 0.585. The summed E-state index contributed by atoms with van der Waals surface area (Å²) in [6.45, 7) is 3.71. The molecule has 12 heavy (non-hydrogen) atoms. The number of morpholine rings is 1.